The standard InChI is InChI=1S/C18H13FN2/c19-18-8-5-13(9-16(18)11-20)12-21-17-7-6-14-3-1-2-4-15(14)10-17/h1-10,21H,12H2. The molecule has 0 saturated heterocycles. The van der Waals surface area contributed by atoms with Gasteiger partial charge in [-0.25, -0.2) is 4.39 Å². The summed E-state index contributed by atoms with van der Waals surface area (Å²) in [5.74, 6) is -0.480. The quantitative estimate of drug-likeness (QED) is 0.766. The van der Waals surface area contributed by atoms with Gasteiger partial charge in [0.05, 0.1) is 5.56 Å². The molecule has 3 heteroatoms. The highest BCUT2D eigenvalue weighted by molar-refractivity contribution is 5.85. The minimum atomic E-state index is -0.480. The van der Waals surface area contributed by atoms with Crippen LogP contribution in [0.25, 0.3) is 10.8 Å². The Bertz CT molecular complexity index is 834. The molecule has 3 aromatic rings. The second kappa shape index (κ2) is 5.64. The molecule has 0 aliphatic carbocycles. The number of rotatable bonds is 3. The Labute approximate surface area is 122 Å². The van der Waals surface area contributed by atoms with Gasteiger partial charge >= 0.3 is 0 Å². The van der Waals surface area contributed by atoms with Crippen molar-refractivity contribution in [3.8, 4) is 6.07 Å². The van der Waals surface area contributed by atoms with Crippen molar-refractivity contribution in [2.75, 3.05) is 5.32 Å². The van der Waals surface area contributed by atoms with Gasteiger partial charge in [-0.15, -0.1) is 0 Å². The molecule has 0 spiro atoms. The molecule has 0 aliphatic heterocycles. The molecule has 0 radical (unpaired) electrons. The minimum Gasteiger partial charge on any atom is -0.381 e. The Morgan fingerprint density at radius 3 is 2.57 bits per heavy atom. The Balaban J connectivity index is 1.78. The number of hydrogen-bond acceptors (Lipinski definition) is 2. The molecule has 21 heavy (non-hydrogen) atoms. The Morgan fingerprint density at radius 2 is 1.76 bits per heavy atom. The highest BCUT2D eigenvalue weighted by Gasteiger charge is 2.03. The molecule has 0 aromatic heterocycles. The van der Waals surface area contributed by atoms with E-state index in [1.807, 2.05) is 24.3 Å². The molecule has 0 amide bonds. The number of nitriles is 1. The second-order valence-corrected chi connectivity index (χ2v) is 4.84. The molecule has 3 rings (SSSR count). The van der Waals surface area contributed by atoms with Crippen molar-refractivity contribution < 1.29 is 4.39 Å². The van der Waals surface area contributed by atoms with Gasteiger partial charge in [0.2, 0.25) is 0 Å². The fourth-order valence-corrected chi connectivity index (χ4v) is 2.27. The first kappa shape index (κ1) is 13.1. The van der Waals surface area contributed by atoms with Crippen LogP contribution in [0.2, 0.25) is 0 Å². The van der Waals surface area contributed by atoms with Gasteiger partial charge in [-0.05, 0) is 40.6 Å². The summed E-state index contributed by atoms with van der Waals surface area (Å²) in [6, 6.07) is 20.7. The summed E-state index contributed by atoms with van der Waals surface area (Å²) in [6.07, 6.45) is 0. The third-order valence-electron chi connectivity index (χ3n) is 3.40. The van der Waals surface area contributed by atoms with Crippen LogP contribution in [0.5, 0.6) is 0 Å². The van der Waals surface area contributed by atoms with Crippen molar-refractivity contribution in [1.82, 2.24) is 0 Å². The van der Waals surface area contributed by atoms with Gasteiger partial charge in [0.15, 0.2) is 0 Å². The molecule has 0 fully saturated rings. The summed E-state index contributed by atoms with van der Waals surface area (Å²) in [6.45, 7) is 0.549. The van der Waals surface area contributed by atoms with Gasteiger partial charge in [0.25, 0.3) is 0 Å². The van der Waals surface area contributed by atoms with E-state index in [0.717, 1.165) is 11.3 Å². The maximum absolute atomic E-state index is 13.3. The van der Waals surface area contributed by atoms with Crippen molar-refractivity contribution in [2.45, 2.75) is 6.54 Å². The van der Waals surface area contributed by atoms with E-state index in [9.17, 15) is 4.39 Å². The fourth-order valence-electron chi connectivity index (χ4n) is 2.27. The van der Waals surface area contributed by atoms with E-state index < -0.39 is 5.82 Å². The number of anilines is 1. The Morgan fingerprint density at radius 1 is 0.952 bits per heavy atom. The molecular formula is C18H13FN2. The van der Waals surface area contributed by atoms with Crippen LogP contribution >= 0.6 is 0 Å². The first-order valence-corrected chi connectivity index (χ1v) is 6.67. The molecule has 0 heterocycles. The van der Waals surface area contributed by atoms with E-state index in [1.54, 1.807) is 12.1 Å². The van der Waals surface area contributed by atoms with Crippen LogP contribution in [-0.2, 0) is 6.54 Å². The average molecular weight is 276 g/mol. The molecule has 2 nitrogen and oxygen atoms in total. The van der Waals surface area contributed by atoms with E-state index in [-0.39, 0.29) is 5.56 Å². The third-order valence-corrected chi connectivity index (χ3v) is 3.40. The zero-order chi connectivity index (χ0) is 14.7. The number of nitrogens with one attached hydrogen (secondary N) is 1. The highest BCUT2D eigenvalue weighted by Crippen LogP contribution is 2.19. The molecule has 0 unspecified atom stereocenters. The Kier molecular flexibility index (Phi) is 3.53. The van der Waals surface area contributed by atoms with E-state index in [1.165, 1.54) is 16.8 Å². The van der Waals surface area contributed by atoms with Crippen LogP contribution in [0, 0.1) is 17.1 Å². The molecule has 0 saturated carbocycles. The number of halogens is 1. The zero-order valence-electron chi connectivity index (χ0n) is 11.3. The number of hydrogen-bond donors (Lipinski definition) is 1. The van der Waals surface area contributed by atoms with Crippen LogP contribution < -0.4 is 5.32 Å². The summed E-state index contributed by atoms with van der Waals surface area (Å²) in [5, 5.41) is 14.5. The van der Waals surface area contributed by atoms with Crippen LogP contribution in [-0.4, -0.2) is 0 Å². The van der Waals surface area contributed by atoms with Crippen molar-refractivity contribution in [3.63, 3.8) is 0 Å². The lowest BCUT2D eigenvalue weighted by atomic mass is 10.1. The first-order valence-electron chi connectivity index (χ1n) is 6.67. The SMILES string of the molecule is N#Cc1cc(CNc2ccc3ccccc3c2)ccc1F. The van der Waals surface area contributed by atoms with Crippen molar-refractivity contribution >= 4 is 16.5 Å². The topological polar surface area (TPSA) is 35.8 Å². The maximum Gasteiger partial charge on any atom is 0.140 e. The molecule has 3 aromatic carbocycles. The minimum absolute atomic E-state index is 0.0767. The number of fused-ring (bicyclic) bond motifs is 1. The van der Waals surface area contributed by atoms with Crippen LogP contribution in [0.4, 0.5) is 10.1 Å². The fraction of sp³-hybridized carbons (Fsp3) is 0.0556. The van der Waals surface area contributed by atoms with Crippen LogP contribution in [0.3, 0.4) is 0 Å². The van der Waals surface area contributed by atoms with E-state index in [4.69, 9.17) is 5.26 Å². The molecule has 1 N–H and O–H groups in total. The number of benzene rings is 3. The normalized spacial score (nSPS) is 10.3. The van der Waals surface area contributed by atoms with Gasteiger partial charge in [0.1, 0.15) is 11.9 Å². The van der Waals surface area contributed by atoms with Crippen LogP contribution in [0.15, 0.2) is 60.7 Å². The summed E-state index contributed by atoms with van der Waals surface area (Å²) < 4.78 is 13.3. The lowest BCUT2D eigenvalue weighted by Gasteiger charge is -2.08. The predicted molar refractivity (Wildman–Crippen MR) is 82.4 cm³/mol. The molecule has 102 valence electrons. The maximum atomic E-state index is 13.3. The van der Waals surface area contributed by atoms with E-state index in [0.29, 0.717) is 6.54 Å². The van der Waals surface area contributed by atoms with Crippen molar-refractivity contribution in [1.29, 1.82) is 5.26 Å². The zero-order valence-corrected chi connectivity index (χ0v) is 11.3. The van der Waals surface area contributed by atoms with Gasteiger partial charge in [-0.1, -0.05) is 36.4 Å². The highest BCUT2D eigenvalue weighted by atomic mass is 19.1. The van der Waals surface area contributed by atoms with Crippen molar-refractivity contribution in [3.05, 3.63) is 77.6 Å². The average Bonchev–Trinajstić information content (AvgIpc) is 2.54. The van der Waals surface area contributed by atoms with E-state index in [2.05, 4.69) is 29.6 Å². The van der Waals surface area contributed by atoms with E-state index >= 15 is 0 Å². The predicted octanol–water partition coefficient (Wildman–Crippen LogP) is 4.46. The summed E-state index contributed by atoms with van der Waals surface area (Å²) in [7, 11) is 0. The van der Waals surface area contributed by atoms with Gasteiger partial charge in [-0.3, -0.25) is 0 Å². The summed E-state index contributed by atoms with van der Waals surface area (Å²) in [4.78, 5) is 0. The van der Waals surface area contributed by atoms with Gasteiger partial charge in [0, 0.05) is 12.2 Å². The first-order chi connectivity index (χ1) is 10.3. The molecular weight excluding hydrogens is 263 g/mol. The molecule has 0 atom stereocenters. The lowest BCUT2D eigenvalue weighted by Crippen LogP contribution is -2.00. The number of nitrogens with zero attached hydrogens (tertiary/aromatic N) is 1. The van der Waals surface area contributed by atoms with Crippen LogP contribution in [0.1, 0.15) is 11.1 Å². The summed E-state index contributed by atoms with van der Waals surface area (Å²) >= 11 is 0. The third kappa shape index (κ3) is 2.85. The molecule has 0 aliphatic rings. The second-order valence-electron chi connectivity index (χ2n) is 4.84. The van der Waals surface area contributed by atoms with Gasteiger partial charge in [-0.2, -0.15) is 5.26 Å². The Hall–Kier alpha value is -2.86. The molecule has 0 bridgehead atoms. The lowest BCUT2D eigenvalue weighted by molar-refractivity contribution is 0.623. The largest absolute Gasteiger partial charge is 0.381 e. The summed E-state index contributed by atoms with van der Waals surface area (Å²) in [5.41, 5.74) is 1.95. The monoisotopic (exact) mass is 276 g/mol. The van der Waals surface area contributed by atoms with Crippen molar-refractivity contribution in [2.24, 2.45) is 0 Å². The smallest absolute Gasteiger partial charge is 0.140 e. The van der Waals surface area contributed by atoms with Gasteiger partial charge < -0.3 is 5.32 Å².